The summed E-state index contributed by atoms with van der Waals surface area (Å²) in [6, 6.07) is 26.5. The summed E-state index contributed by atoms with van der Waals surface area (Å²) < 4.78 is 1.99. The SMILES string of the molecule is CC(C)c1ccc(/C=N\NC(=O)CSc2nnc(-c3ccc(C(C)(C)C)cc3)n2-c2ccccc2)cc1. The lowest BCUT2D eigenvalue weighted by atomic mass is 9.87. The van der Waals surface area contributed by atoms with Gasteiger partial charge in [-0.15, -0.1) is 10.2 Å². The van der Waals surface area contributed by atoms with Crippen molar-refractivity contribution in [2.24, 2.45) is 5.10 Å². The van der Waals surface area contributed by atoms with Crippen LogP contribution in [-0.2, 0) is 10.2 Å². The van der Waals surface area contributed by atoms with E-state index >= 15 is 0 Å². The predicted octanol–water partition coefficient (Wildman–Crippen LogP) is 6.60. The normalized spacial score (nSPS) is 11.8. The first kappa shape index (κ1) is 26.4. The van der Waals surface area contributed by atoms with Crippen molar-refractivity contribution in [1.82, 2.24) is 20.2 Å². The van der Waals surface area contributed by atoms with E-state index in [0.717, 1.165) is 22.6 Å². The first-order valence-corrected chi connectivity index (χ1v) is 13.4. The van der Waals surface area contributed by atoms with E-state index in [2.05, 4.69) is 91.7 Å². The molecular weight excluding hydrogens is 478 g/mol. The van der Waals surface area contributed by atoms with Crippen LogP contribution < -0.4 is 5.43 Å². The van der Waals surface area contributed by atoms with Gasteiger partial charge in [-0.1, -0.05) is 113 Å². The Labute approximate surface area is 223 Å². The highest BCUT2D eigenvalue weighted by atomic mass is 32.2. The number of rotatable bonds is 8. The van der Waals surface area contributed by atoms with Crippen molar-refractivity contribution in [2.75, 3.05) is 5.75 Å². The smallest absolute Gasteiger partial charge is 0.250 e. The van der Waals surface area contributed by atoms with Crippen molar-refractivity contribution >= 4 is 23.9 Å². The van der Waals surface area contributed by atoms with Gasteiger partial charge in [0.1, 0.15) is 0 Å². The minimum absolute atomic E-state index is 0.0695. The molecule has 190 valence electrons. The van der Waals surface area contributed by atoms with Crippen LogP contribution in [0, 0.1) is 0 Å². The van der Waals surface area contributed by atoms with Gasteiger partial charge in [0.25, 0.3) is 5.91 Å². The van der Waals surface area contributed by atoms with Crippen LogP contribution in [0.3, 0.4) is 0 Å². The molecule has 0 saturated heterocycles. The highest BCUT2D eigenvalue weighted by Crippen LogP contribution is 2.30. The van der Waals surface area contributed by atoms with Gasteiger partial charge in [0.05, 0.1) is 12.0 Å². The van der Waals surface area contributed by atoms with Crippen LogP contribution in [0.2, 0.25) is 0 Å². The number of para-hydroxylation sites is 1. The van der Waals surface area contributed by atoms with Gasteiger partial charge in [0.2, 0.25) is 0 Å². The molecule has 1 aromatic heterocycles. The average molecular weight is 512 g/mol. The van der Waals surface area contributed by atoms with E-state index < -0.39 is 0 Å². The molecule has 1 amide bonds. The second kappa shape index (κ2) is 11.6. The fraction of sp³-hybridized carbons (Fsp3) is 0.267. The lowest BCUT2D eigenvalue weighted by Gasteiger charge is -2.19. The standard InChI is InChI=1S/C30H33N5OS/c1-21(2)23-13-11-22(12-14-23)19-31-32-27(36)20-37-29-34-33-28(35(29)26-9-7-6-8-10-26)24-15-17-25(18-16-24)30(3,4)5/h6-19,21H,20H2,1-5H3,(H,32,36)/b31-19-. The molecule has 0 spiro atoms. The highest BCUT2D eigenvalue weighted by molar-refractivity contribution is 7.99. The molecule has 0 aliphatic rings. The van der Waals surface area contributed by atoms with E-state index in [9.17, 15) is 4.79 Å². The van der Waals surface area contributed by atoms with Crippen LogP contribution in [0.5, 0.6) is 0 Å². The van der Waals surface area contributed by atoms with Gasteiger partial charge in [0, 0.05) is 11.3 Å². The van der Waals surface area contributed by atoms with E-state index in [1.807, 2.05) is 47.0 Å². The fourth-order valence-corrected chi connectivity index (χ4v) is 4.53. The van der Waals surface area contributed by atoms with Crippen LogP contribution in [-0.4, -0.2) is 32.6 Å². The van der Waals surface area contributed by atoms with Crippen molar-refractivity contribution in [2.45, 2.75) is 51.1 Å². The topological polar surface area (TPSA) is 72.2 Å². The molecule has 0 bridgehead atoms. The van der Waals surface area contributed by atoms with Crippen molar-refractivity contribution in [3.05, 3.63) is 95.6 Å². The van der Waals surface area contributed by atoms with E-state index in [1.54, 1.807) is 6.21 Å². The first-order chi connectivity index (χ1) is 17.7. The van der Waals surface area contributed by atoms with Crippen molar-refractivity contribution in [3.8, 4) is 17.1 Å². The van der Waals surface area contributed by atoms with Gasteiger partial charge >= 0.3 is 0 Å². The molecular formula is C30H33N5OS. The number of benzene rings is 3. The minimum Gasteiger partial charge on any atom is -0.272 e. The number of hydrazone groups is 1. The monoisotopic (exact) mass is 511 g/mol. The lowest BCUT2D eigenvalue weighted by Crippen LogP contribution is -2.20. The Balaban J connectivity index is 1.48. The summed E-state index contributed by atoms with van der Waals surface area (Å²) in [7, 11) is 0. The van der Waals surface area contributed by atoms with Crippen LogP contribution >= 0.6 is 11.8 Å². The summed E-state index contributed by atoms with van der Waals surface area (Å²) in [5.74, 6) is 1.16. The summed E-state index contributed by atoms with van der Waals surface area (Å²) in [5.41, 5.74) is 8.04. The summed E-state index contributed by atoms with van der Waals surface area (Å²) in [6.45, 7) is 10.9. The van der Waals surface area contributed by atoms with Crippen molar-refractivity contribution < 1.29 is 4.79 Å². The molecule has 0 atom stereocenters. The average Bonchev–Trinajstić information content (AvgIpc) is 3.32. The number of aromatic nitrogens is 3. The number of hydrogen-bond donors (Lipinski definition) is 1. The number of amides is 1. The zero-order valence-corrected chi connectivity index (χ0v) is 22.8. The van der Waals surface area contributed by atoms with Crippen LogP contribution in [0.25, 0.3) is 17.1 Å². The van der Waals surface area contributed by atoms with Gasteiger partial charge < -0.3 is 0 Å². The third-order valence-corrected chi connectivity index (χ3v) is 6.92. The van der Waals surface area contributed by atoms with E-state index in [0.29, 0.717) is 11.1 Å². The molecule has 1 heterocycles. The number of thioether (sulfide) groups is 1. The van der Waals surface area contributed by atoms with E-state index in [1.165, 1.54) is 22.9 Å². The quantitative estimate of drug-likeness (QED) is 0.164. The molecule has 37 heavy (non-hydrogen) atoms. The van der Waals surface area contributed by atoms with Crippen LogP contribution in [0.4, 0.5) is 0 Å². The Morgan fingerprint density at radius 3 is 2.27 bits per heavy atom. The number of nitrogens with zero attached hydrogens (tertiary/aromatic N) is 4. The first-order valence-electron chi connectivity index (χ1n) is 12.4. The van der Waals surface area contributed by atoms with Gasteiger partial charge in [-0.2, -0.15) is 5.10 Å². The molecule has 0 unspecified atom stereocenters. The third kappa shape index (κ3) is 6.74. The minimum atomic E-state index is -0.209. The summed E-state index contributed by atoms with van der Waals surface area (Å²) in [4.78, 5) is 12.5. The molecule has 4 aromatic rings. The van der Waals surface area contributed by atoms with Crippen LogP contribution in [0.1, 0.15) is 57.2 Å². The number of nitrogens with one attached hydrogen (secondary N) is 1. The molecule has 0 fully saturated rings. The Bertz CT molecular complexity index is 1350. The second-order valence-electron chi connectivity index (χ2n) is 10.2. The second-order valence-corrected chi connectivity index (χ2v) is 11.2. The maximum Gasteiger partial charge on any atom is 0.250 e. The van der Waals surface area contributed by atoms with Gasteiger partial charge in [0.15, 0.2) is 11.0 Å². The molecule has 3 aromatic carbocycles. The number of carbonyl (C=O) groups excluding carboxylic acids is 1. The lowest BCUT2D eigenvalue weighted by molar-refractivity contribution is -0.118. The molecule has 0 aliphatic heterocycles. The number of hydrogen-bond acceptors (Lipinski definition) is 5. The zero-order chi connectivity index (χ0) is 26.4. The summed E-state index contributed by atoms with van der Waals surface area (Å²) in [6.07, 6.45) is 1.65. The maximum absolute atomic E-state index is 12.5. The largest absolute Gasteiger partial charge is 0.272 e. The van der Waals surface area contributed by atoms with E-state index in [-0.39, 0.29) is 17.1 Å². The highest BCUT2D eigenvalue weighted by Gasteiger charge is 2.19. The molecule has 1 N–H and O–H groups in total. The third-order valence-electron chi connectivity index (χ3n) is 6.00. The van der Waals surface area contributed by atoms with Crippen molar-refractivity contribution in [3.63, 3.8) is 0 Å². The zero-order valence-electron chi connectivity index (χ0n) is 22.0. The molecule has 4 rings (SSSR count). The van der Waals surface area contributed by atoms with Crippen molar-refractivity contribution in [1.29, 1.82) is 0 Å². The molecule has 6 nitrogen and oxygen atoms in total. The van der Waals surface area contributed by atoms with Crippen LogP contribution in [0.15, 0.2) is 89.1 Å². The molecule has 0 aliphatic carbocycles. The Hall–Kier alpha value is -3.71. The maximum atomic E-state index is 12.5. The predicted molar refractivity (Wildman–Crippen MR) is 152 cm³/mol. The molecule has 0 radical (unpaired) electrons. The molecule has 0 saturated carbocycles. The summed E-state index contributed by atoms with van der Waals surface area (Å²) >= 11 is 1.33. The van der Waals surface area contributed by atoms with E-state index in [4.69, 9.17) is 0 Å². The number of carbonyl (C=O) groups is 1. The van der Waals surface area contributed by atoms with Gasteiger partial charge in [-0.25, -0.2) is 5.43 Å². The summed E-state index contributed by atoms with van der Waals surface area (Å²) in [5, 5.41) is 13.7. The fourth-order valence-electron chi connectivity index (χ4n) is 3.79. The Morgan fingerprint density at radius 1 is 0.973 bits per heavy atom. The Kier molecular flexibility index (Phi) is 8.24. The Morgan fingerprint density at radius 2 is 1.65 bits per heavy atom. The van der Waals surface area contributed by atoms with Gasteiger partial charge in [-0.3, -0.25) is 9.36 Å². The van der Waals surface area contributed by atoms with Gasteiger partial charge in [-0.05, 0) is 40.2 Å². The molecule has 7 heteroatoms.